The van der Waals surface area contributed by atoms with Gasteiger partial charge in [0.25, 0.3) is 0 Å². The third-order valence-corrected chi connectivity index (χ3v) is 3.81. The summed E-state index contributed by atoms with van der Waals surface area (Å²) < 4.78 is 1.94. The number of hydrogen-bond donors (Lipinski definition) is 1. The predicted molar refractivity (Wildman–Crippen MR) is 75.9 cm³/mol. The zero-order chi connectivity index (χ0) is 13.9. The fourth-order valence-electron chi connectivity index (χ4n) is 1.87. The van der Waals surface area contributed by atoms with E-state index in [-0.39, 0.29) is 5.56 Å². The predicted octanol–water partition coefficient (Wildman–Crippen LogP) is 2.72. The summed E-state index contributed by atoms with van der Waals surface area (Å²) in [6.07, 6.45) is 5.46. The first kappa shape index (κ1) is 12.7. The van der Waals surface area contributed by atoms with Crippen molar-refractivity contribution in [2.45, 2.75) is 10.8 Å². The Morgan fingerprint density at radius 2 is 2.20 bits per heavy atom. The molecule has 3 aromatic heterocycles. The highest BCUT2D eigenvalue weighted by Crippen LogP contribution is 2.24. The summed E-state index contributed by atoms with van der Waals surface area (Å²) in [5, 5.41) is 9.62. The van der Waals surface area contributed by atoms with Gasteiger partial charge in [0.15, 0.2) is 0 Å². The highest BCUT2D eigenvalue weighted by Gasteiger charge is 2.11. The third-order valence-electron chi connectivity index (χ3n) is 2.77. The Bertz CT molecular complexity index is 737. The number of fused-ring (bicyclic) bond motifs is 1. The van der Waals surface area contributed by atoms with Crippen molar-refractivity contribution in [3.05, 3.63) is 60.2 Å². The number of thioether (sulfide) groups is 1. The van der Waals surface area contributed by atoms with Gasteiger partial charge in [-0.2, -0.15) is 0 Å². The van der Waals surface area contributed by atoms with Crippen LogP contribution < -0.4 is 0 Å². The lowest BCUT2D eigenvalue weighted by atomic mass is 10.3. The van der Waals surface area contributed by atoms with Crippen LogP contribution in [0.3, 0.4) is 0 Å². The minimum absolute atomic E-state index is 0.223. The molecule has 0 spiro atoms. The van der Waals surface area contributed by atoms with E-state index in [0.29, 0.717) is 10.8 Å². The van der Waals surface area contributed by atoms with Crippen LogP contribution >= 0.6 is 11.8 Å². The Labute approximate surface area is 119 Å². The van der Waals surface area contributed by atoms with E-state index < -0.39 is 5.97 Å². The Morgan fingerprint density at radius 3 is 3.00 bits per heavy atom. The van der Waals surface area contributed by atoms with E-state index in [1.807, 2.05) is 35.0 Å². The molecule has 6 heteroatoms. The zero-order valence-corrected chi connectivity index (χ0v) is 11.2. The van der Waals surface area contributed by atoms with E-state index in [4.69, 9.17) is 5.11 Å². The van der Waals surface area contributed by atoms with Crippen molar-refractivity contribution in [2.75, 3.05) is 0 Å². The Morgan fingerprint density at radius 1 is 1.30 bits per heavy atom. The summed E-state index contributed by atoms with van der Waals surface area (Å²) in [5.41, 5.74) is 1.99. The SMILES string of the molecule is O=C(O)c1cccnc1SCc1cn2ccccc2n1. The molecule has 0 aliphatic carbocycles. The molecule has 0 fully saturated rings. The second kappa shape index (κ2) is 5.34. The molecule has 0 saturated heterocycles. The second-order valence-electron chi connectivity index (χ2n) is 4.15. The molecule has 20 heavy (non-hydrogen) atoms. The zero-order valence-electron chi connectivity index (χ0n) is 10.4. The number of carboxylic acids is 1. The summed E-state index contributed by atoms with van der Waals surface area (Å²) in [6, 6.07) is 8.98. The first-order chi connectivity index (χ1) is 9.74. The van der Waals surface area contributed by atoms with E-state index in [2.05, 4.69) is 9.97 Å². The number of pyridine rings is 2. The molecule has 0 radical (unpaired) electrons. The number of aromatic nitrogens is 3. The van der Waals surface area contributed by atoms with Gasteiger partial charge in [-0.3, -0.25) is 0 Å². The number of imidazole rings is 1. The lowest BCUT2D eigenvalue weighted by Gasteiger charge is -2.02. The van der Waals surface area contributed by atoms with Gasteiger partial charge in [-0.25, -0.2) is 14.8 Å². The van der Waals surface area contributed by atoms with Crippen LogP contribution in [0.25, 0.3) is 5.65 Å². The van der Waals surface area contributed by atoms with Gasteiger partial charge in [-0.05, 0) is 24.3 Å². The molecule has 0 bridgehead atoms. The van der Waals surface area contributed by atoms with Gasteiger partial charge in [-0.15, -0.1) is 0 Å². The van der Waals surface area contributed by atoms with Gasteiger partial charge in [0.2, 0.25) is 0 Å². The molecule has 3 rings (SSSR count). The molecule has 0 aliphatic rings. The highest BCUT2D eigenvalue weighted by atomic mass is 32.2. The summed E-state index contributed by atoms with van der Waals surface area (Å²) in [4.78, 5) is 19.7. The fourth-order valence-corrected chi connectivity index (χ4v) is 2.74. The van der Waals surface area contributed by atoms with Gasteiger partial charge >= 0.3 is 5.97 Å². The van der Waals surface area contributed by atoms with Crippen LogP contribution in [-0.2, 0) is 5.75 Å². The maximum atomic E-state index is 11.1. The van der Waals surface area contributed by atoms with Crippen LogP contribution in [0.2, 0.25) is 0 Å². The van der Waals surface area contributed by atoms with Crippen LogP contribution in [0.4, 0.5) is 0 Å². The summed E-state index contributed by atoms with van der Waals surface area (Å²) in [6.45, 7) is 0. The number of aromatic carboxylic acids is 1. The van der Waals surface area contributed by atoms with Crippen molar-refractivity contribution in [1.82, 2.24) is 14.4 Å². The van der Waals surface area contributed by atoms with E-state index in [1.54, 1.807) is 18.3 Å². The molecule has 3 heterocycles. The van der Waals surface area contributed by atoms with E-state index in [9.17, 15) is 4.79 Å². The van der Waals surface area contributed by atoms with Gasteiger partial charge in [0.05, 0.1) is 11.3 Å². The Balaban J connectivity index is 1.81. The molecule has 0 aromatic carbocycles. The van der Waals surface area contributed by atoms with Crippen molar-refractivity contribution in [1.29, 1.82) is 0 Å². The smallest absolute Gasteiger partial charge is 0.338 e. The summed E-state index contributed by atoms with van der Waals surface area (Å²) >= 11 is 1.38. The van der Waals surface area contributed by atoms with Gasteiger partial charge in [0.1, 0.15) is 10.7 Å². The van der Waals surface area contributed by atoms with Crippen LogP contribution in [0.5, 0.6) is 0 Å². The molecular formula is C14H11N3O2S. The minimum Gasteiger partial charge on any atom is -0.478 e. The molecule has 100 valence electrons. The van der Waals surface area contributed by atoms with E-state index >= 15 is 0 Å². The fraction of sp³-hybridized carbons (Fsp3) is 0.0714. The minimum atomic E-state index is -0.962. The lowest BCUT2D eigenvalue weighted by Crippen LogP contribution is -2.00. The maximum absolute atomic E-state index is 11.1. The Hall–Kier alpha value is -2.34. The summed E-state index contributed by atoms with van der Waals surface area (Å²) in [7, 11) is 0. The highest BCUT2D eigenvalue weighted by molar-refractivity contribution is 7.98. The molecule has 0 saturated carbocycles. The maximum Gasteiger partial charge on any atom is 0.338 e. The number of nitrogens with zero attached hydrogens (tertiary/aromatic N) is 3. The lowest BCUT2D eigenvalue weighted by molar-refractivity contribution is 0.0692. The molecule has 3 aromatic rings. The second-order valence-corrected chi connectivity index (χ2v) is 5.11. The molecule has 1 N–H and O–H groups in total. The van der Waals surface area contributed by atoms with Crippen molar-refractivity contribution >= 4 is 23.4 Å². The average molecular weight is 285 g/mol. The molecule has 0 amide bonds. The first-order valence-electron chi connectivity index (χ1n) is 5.98. The van der Waals surface area contributed by atoms with Crippen LogP contribution in [0, 0.1) is 0 Å². The van der Waals surface area contributed by atoms with Gasteiger partial charge in [0, 0.05) is 24.3 Å². The van der Waals surface area contributed by atoms with Crippen molar-refractivity contribution in [3.8, 4) is 0 Å². The third kappa shape index (κ3) is 2.50. The summed E-state index contributed by atoms with van der Waals surface area (Å²) in [5.74, 6) is -0.380. The van der Waals surface area contributed by atoms with Crippen LogP contribution in [-0.4, -0.2) is 25.4 Å². The molecule has 0 aliphatic heterocycles. The first-order valence-corrected chi connectivity index (χ1v) is 6.96. The van der Waals surface area contributed by atoms with Crippen LogP contribution in [0.15, 0.2) is 53.9 Å². The molecule has 0 atom stereocenters. The molecular weight excluding hydrogens is 274 g/mol. The van der Waals surface area contributed by atoms with Gasteiger partial charge < -0.3 is 9.51 Å². The number of rotatable bonds is 4. The molecule has 0 unspecified atom stereocenters. The standard InChI is InChI=1S/C14H11N3O2S/c18-14(19)11-4-3-6-15-13(11)20-9-10-8-17-7-2-1-5-12(17)16-10/h1-8H,9H2,(H,18,19). The van der Waals surface area contributed by atoms with Gasteiger partial charge in [-0.1, -0.05) is 17.8 Å². The normalized spacial score (nSPS) is 10.8. The van der Waals surface area contributed by atoms with Crippen molar-refractivity contribution in [3.63, 3.8) is 0 Å². The monoisotopic (exact) mass is 285 g/mol. The van der Waals surface area contributed by atoms with Crippen molar-refractivity contribution < 1.29 is 9.90 Å². The molecule has 5 nitrogen and oxygen atoms in total. The number of carboxylic acid groups (broad SMARTS) is 1. The Kier molecular flexibility index (Phi) is 3.39. The topological polar surface area (TPSA) is 67.5 Å². The quantitative estimate of drug-likeness (QED) is 0.746. The number of hydrogen-bond acceptors (Lipinski definition) is 4. The van der Waals surface area contributed by atoms with E-state index in [0.717, 1.165) is 11.3 Å². The van der Waals surface area contributed by atoms with Crippen molar-refractivity contribution in [2.24, 2.45) is 0 Å². The number of carbonyl (C=O) groups is 1. The van der Waals surface area contributed by atoms with E-state index in [1.165, 1.54) is 11.8 Å². The average Bonchev–Trinajstić information content (AvgIpc) is 2.88. The largest absolute Gasteiger partial charge is 0.478 e. The van der Waals surface area contributed by atoms with Crippen LogP contribution in [0.1, 0.15) is 16.1 Å².